The molecule has 0 radical (unpaired) electrons. The molecule has 1 aromatic carbocycles. The van der Waals surface area contributed by atoms with Crippen molar-refractivity contribution >= 4 is 15.9 Å². The summed E-state index contributed by atoms with van der Waals surface area (Å²) in [5, 5.41) is 8.76. The van der Waals surface area contributed by atoms with Crippen LogP contribution in [0.1, 0.15) is 18.0 Å². The third-order valence-corrected chi connectivity index (χ3v) is 2.74. The Kier molecular flexibility index (Phi) is 4.50. The van der Waals surface area contributed by atoms with Gasteiger partial charge >= 0.3 is 0 Å². The number of halogens is 2. The van der Waals surface area contributed by atoms with Gasteiger partial charge in [0.05, 0.1) is 11.6 Å². The van der Waals surface area contributed by atoms with Crippen LogP contribution in [0, 0.1) is 5.82 Å². The van der Waals surface area contributed by atoms with Crippen LogP contribution in [0.2, 0.25) is 0 Å². The Bertz CT molecular complexity index is 346. The molecule has 0 spiro atoms. The maximum atomic E-state index is 13.6. The van der Waals surface area contributed by atoms with E-state index < -0.39 is 11.9 Å². The van der Waals surface area contributed by atoms with Gasteiger partial charge in [-0.1, -0.05) is 6.07 Å². The second-order valence-corrected chi connectivity index (χ2v) is 3.96. The zero-order valence-electron chi connectivity index (χ0n) is 8.34. The highest BCUT2D eigenvalue weighted by atomic mass is 79.9. The van der Waals surface area contributed by atoms with Crippen LogP contribution in [-0.2, 0) is 0 Å². The molecule has 15 heavy (non-hydrogen) atoms. The molecule has 1 rings (SSSR count). The number of ether oxygens (including phenoxy) is 1. The van der Waals surface area contributed by atoms with Crippen molar-refractivity contribution in [1.29, 1.82) is 0 Å². The molecule has 0 saturated heterocycles. The molecule has 0 aliphatic heterocycles. The van der Waals surface area contributed by atoms with Crippen molar-refractivity contribution in [3.8, 4) is 5.75 Å². The number of benzene rings is 1. The van der Waals surface area contributed by atoms with E-state index in [4.69, 9.17) is 15.6 Å². The van der Waals surface area contributed by atoms with Crippen LogP contribution in [0.4, 0.5) is 4.39 Å². The van der Waals surface area contributed by atoms with Crippen molar-refractivity contribution in [1.82, 2.24) is 0 Å². The van der Waals surface area contributed by atoms with Gasteiger partial charge in [0, 0.05) is 18.2 Å². The lowest BCUT2D eigenvalue weighted by atomic mass is 10.0. The lowest BCUT2D eigenvalue weighted by Gasteiger charge is -2.15. The number of rotatable bonds is 4. The predicted molar refractivity (Wildman–Crippen MR) is 59.3 cm³/mol. The Balaban J connectivity index is 3.12. The van der Waals surface area contributed by atoms with Gasteiger partial charge in [0.2, 0.25) is 0 Å². The molecule has 0 aliphatic carbocycles. The van der Waals surface area contributed by atoms with Crippen molar-refractivity contribution in [2.45, 2.75) is 12.5 Å². The molecular formula is C10H13BrFNO2. The molecule has 0 aromatic heterocycles. The number of nitrogens with two attached hydrogens (primary N) is 1. The van der Waals surface area contributed by atoms with Crippen molar-refractivity contribution in [3.05, 3.63) is 28.0 Å². The molecule has 0 bridgehead atoms. The van der Waals surface area contributed by atoms with Crippen LogP contribution in [0.5, 0.6) is 5.75 Å². The van der Waals surface area contributed by atoms with Gasteiger partial charge in [0.15, 0.2) is 11.6 Å². The Hall–Kier alpha value is -0.650. The van der Waals surface area contributed by atoms with Crippen LogP contribution in [0.3, 0.4) is 0 Å². The zero-order chi connectivity index (χ0) is 11.4. The maximum absolute atomic E-state index is 13.6. The van der Waals surface area contributed by atoms with Gasteiger partial charge in [-0.2, -0.15) is 0 Å². The van der Waals surface area contributed by atoms with E-state index in [-0.39, 0.29) is 12.4 Å². The second-order valence-electron chi connectivity index (χ2n) is 3.10. The first-order valence-electron chi connectivity index (χ1n) is 4.50. The van der Waals surface area contributed by atoms with Gasteiger partial charge in [-0.15, -0.1) is 0 Å². The topological polar surface area (TPSA) is 55.5 Å². The standard InChI is InChI=1S/C10H13BrFNO2/c1-15-10-6(8(13)4-5-14)2-3-7(11)9(10)12/h2-3,8,14H,4-5,13H2,1H3. The number of methoxy groups -OCH3 is 1. The zero-order valence-corrected chi connectivity index (χ0v) is 9.92. The van der Waals surface area contributed by atoms with E-state index in [1.807, 2.05) is 0 Å². The summed E-state index contributed by atoms with van der Waals surface area (Å²) in [6.07, 6.45) is 0.372. The van der Waals surface area contributed by atoms with Crippen molar-refractivity contribution in [2.24, 2.45) is 5.73 Å². The minimum atomic E-state index is -0.469. The summed E-state index contributed by atoms with van der Waals surface area (Å²) in [5.41, 5.74) is 6.34. The van der Waals surface area contributed by atoms with E-state index in [1.165, 1.54) is 7.11 Å². The SMILES string of the molecule is COc1c(C(N)CCO)ccc(Br)c1F. The van der Waals surface area contributed by atoms with E-state index in [1.54, 1.807) is 12.1 Å². The average molecular weight is 278 g/mol. The Morgan fingerprint density at radius 2 is 2.27 bits per heavy atom. The number of hydrogen-bond acceptors (Lipinski definition) is 3. The fraction of sp³-hybridized carbons (Fsp3) is 0.400. The quantitative estimate of drug-likeness (QED) is 0.885. The molecule has 0 heterocycles. The highest BCUT2D eigenvalue weighted by Crippen LogP contribution is 2.32. The first-order valence-corrected chi connectivity index (χ1v) is 5.29. The highest BCUT2D eigenvalue weighted by molar-refractivity contribution is 9.10. The lowest BCUT2D eigenvalue weighted by Crippen LogP contribution is -2.13. The molecule has 84 valence electrons. The molecule has 0 aliphatic rings. The summed E-state index contributed by atoms with van der Waals surface area (Å²) in [6, 6.07) is 2.84. The van der Waals surface area contributed by atoms with Crippen LogP contribution < -0.4 is 10.5 Å². The average Bonchev–Trinajstić information content (AvgIpc) is 2.22. The summed E-state index contributed by atoms with van der Waals surface area (Å²) in [5.74, 6) is -0.339. The largest absolute Gasteiger partial charge is 0.493 e. The maximum Gasteiger partial charge on any atom is 0.179 e. The fourth-order valence-electron chi connectivity index (χ4n) is 1.34. The molecule has 1 aromatic rings. The van der Waals surface area contributed by atoms with E-state index >= 15 is 0 Å². The van der Waals surface area contributed by atoms with Gasteiger partial charge in [0.25, 0.3) is 0 Å². The fourth-order valence-corrected chi connectivity index (χ4v) is 1.65. The minimum Gasteiger partial charge on any atom is -0.493 e. The second kappa shape index (κ2) is 5.44. The van der Waals surface area contributed by atoms with E-state index in [0.29, 0.717) is 16.5 Å². The Morgan fingerprint density at radius 1 is 1.60 bits per heavy atom. The van der Waals surface area contributed by atoms with Gasteiger partial charge in [-0.3, -0.25) is 0 Å². The van der Waals surface area contributed by atoms with Gasteiger partial charge in [0.1, 0.15) is 0 Å². The molecule has 3 nitrogen and oxygen atoms in total. The molecule has 0 fully saturated rings. The summed E-state index contributed by atoms with van der Waals surface area (Å²) in [7, 11) is 1.39. The smallest absolute Gasteiger partial charge is 0.179 e. The highest BCUT2D eigenvalue weighted by Gasteiger charge is 2.17. The number of aliphatic hydroxyl groups is 1. The van der Waals surface area contributed by atoms with Gasteiger partial charge in [-0.25, -0.2) is 4.39 Å². The first-order chi connectivity index (χ1) is 7.11. The van der Waals surface area contributed by atoms with Crippen molar-refractivity contribution in [2.75, 3.05) is 13.7 Å². The van der Waals surface area contributed by atoms with Crippen LogP contribution >= 0.6 is 15.9 Å². The first kappa shape index (κ1) is 12.4. The third kappa shape index (κ3) is 2.68. The molecule has 0 amide bonds. The minimum absolute atomic E-state index is 0.0397. The molecule has 5 heteroatoms. The summed E-state index contributed by atoms with van der Waals surface area (Å²) >= 11 is 3.06. The number of hydrogen-bond donors (Lipinski definition) is 2. The van der Waals surface area contributed by atoms with Gasteiger partial charge < -0.3 is 15.6 Å². The van der Waals surface area contributed by atoms with Crippen LogP contribution in [0.15, 0.2) is 16.6 Å². The molecule has 3 N–H and O–H groups in total. The van der Waals surface area contributed by atoms with E-state index in [2.05, 4.69) is 15.9 Å². The molecule has 0 saturated carbocycles. The van der Waals surface area contributed by atoms with E-state index in [0.717, 1.165) is 0 Å². The van der Waals surface area contributed by atoms with Gasteiger partial charge in [-0.05, 0) is 28.4 Å². The normalized spacial score (nSPS) is 12.6. The summed E-state index contributed by atoms with van der Waals surface area (Å²) in [4.78, 5) is 0. The lowest BCUT2D eigenvalue weighted by molar-refractivity contribution is 0.274. The van der Waals surface area contributed by atoms with Crippen LogP contribution in [-0.4, -0.2) is 18.8 Å². The summed E-state index contributed by atoms with van der Waals surface area (Å²) < 4.78 is 18.9. The molecular weight excluding hydrogens is 265 g/mol. The Labute approximate surface area is 96.2 Å². The Morgan fingerprint density at radius 3 is 2.80 bits per heavy atom. The third-order valence-electron chi connectivity index (χ3n) is 2.12. The summed E-state index contributed by atoms with van der Waals surface area (Å²) in [6.45, 7) is -0.0397. The van der Waals surface area contributed by atoms with E-state index in [9.17, 15) is 4.39 Å². The monoisotopic (exact) mass is 277 g/mol. The van der Waals surface area contributed by atoms with Crippen molar-refractivity contribution in [3.63, 3.8) is 0 Å². The molecule has 1 atom stereocenters. The van der Waals surface area contributed by atoms with Crippen molar-refractivity contribution < 1.29 is 14.2 Å². The predicted octanol–water partition coefficient (Wildman–Crippen LogP) is 1.98. The van der Waals surface area contributed by atoms with Crippen LogP contribution in [0.25, 0.3) is 0 Å². The molecule has 1 unspecified atom stereocenters. The number of aliphatic hydroxyl groups excluding tert-OH is 1.